The Labute approximate surface area is 58.1 Å². The van der Waals surface area contributed by atoms with Gasteiger partial charge in [0, 0.05) is 29.7 Å². The number of rotatable bonds is 1. The van der Waals surface area contributed by atoms with Crippen molar-refractivity contribution in [2.75, 3.05) is 12.5 Å². The monoisotopic (exact) mass is 151 g/mol. The van der Waals surface area contributed by atoms with Crippen LogP contribution in [0.15, 0.2) is 0 Å². The van der Waals surface area contributed by atoms with Gasteiger partial charge in [-0.15, -0.1) is 0 Å². The molecule has 3 nitrogen and oxygen atoms in total. The maximum Gasteiger partial charge on any atom is 0.217 e. The topological polar surface area (TPSA) is 60.2 Å². The minimum atomic E-state index is -0.611. The summed E-state index contributed by atoms with van der Waals surface area (Å²) in [5, 5.41) is 0. The van der Waals surface area contributed by atoms with Crippen molar-refractivity contribution in [3.8, 4) is 0 Å². The molecular formula is C5H13NO2S. The van der Waals surface area contributed by atoms with Crippen molar-refractivity contribution in [1.82, 2.24) is 0 Å². The Morgan fingerprint density at radius 2 is 1.67 bits per heavy atom. The maximum absolute atomic E-state index is 9.59. The molecule has 0 atom stereocenters. The zero-order valence-corrected chi connectivity index (χ0v) is 6.83. The molecule has 1 amide bonds. The summed E-state index contributed by atoms with van der Waals surface area (Å²) in [6.45, 7) is 1.72. The summed E-state index contributed by atoms with van der Waals surface area (Å²) < 4.78 is 9.56. The third kappa shape index (κ3) is 91.7. The first kappa shape index (κ1) is 11.4. The fourth-order valence-corrected chi connectivity index (χ4v) is 0. The average Bonchev–Trinajstić information content (AvgIpc) is 1.65. The van der Waals surface area contributed by atoms with Crippen molar-refractivity contribution in [3.05, 3.63) is 0 Å². The third-order valence-electron chi connectivity index (χ3n) is 0.348. The minimum absolute atomic E-state index is 0.245. The van der Waals surface area contributed by atoms with E-state index in [0.29, 0.717) is 6.42 Å². The lowest BCUT2D eigenvalue weighted by molar-refractivity contribution is -0.117. The van der Waals surface area contributed by atoms with Gasteiger partial charge in [-0.25, -0.2) is 0 Å². The van der Waals surface area contributed by atoms with Gasteiger partial charge in [-0.2, -0.15) is 0 Å². The molecule has 4 heteroatoms. The molecular weight excluding hydrogens is 138 g/mol. The second-order valence-corrected chi connectivity index (χ2v) is 3.04. The molecule has 0 aliphatic carbocycles. The average molecular weight is 151 g/mol. The van der Waals surface area contributed by atoms with Gasteiger partial charge in [-0.1, -0.05) is 6.92 Å². The summed E-state index contributed by atoms with van der Waals surface area (Å²) in [4.78, 5) is 9.59. The lowest BCUT2D eigenvalue weighted by Gasteiger charge is -1.73. The van der Waals surface area contributed by atoms with Gasteiger partial charge < -0.3 is 5.73 Å². The number of carbonyl (C=O) groups is 1. The van der Waals surface area contributed by atoms with Crippen LogP contribution in [0, 0.1) is 0 Å². The number of primary amides is 1. The van der Waals surface area contributed by atoms with E-state index in [2.05, 4.69) is 5.73 Å². The van der Waals surface area contributed by atoms with E-state index in [4.69, 9.17) is 0 Å². The van der Waals surface area contributed by atoms with Crippen LogP contribution in [0.3, 0.4) is 0 Å². The Morgan fingerprint density at radius 3 is 1.67 bits per heavy atom. The zero-order valence-electron chi connectivity index (χ0n) is 6.01. The largest absolute Gasteiger partial charge is 0.370 e. The molecule has 0 unspecified atom stereocenters. The van der Waals surface area contributed by atoms with Crippen LogP contribution in [0.5, 0.6) is 0 Å². The van der Waals surface area contributed by atoms with Crippen molar-refractivity contribution in [2.24, 2.45) is 5.73 Å². The van der Waals surface area contributed by atoms with Gasteiger partial charge in [0.2, 0.25) is 5.91 Å². The lowest BCUT2D eigenvalue weighted by atomic mass is 10.5. The number of carbonyl (C=O) groups excluding carboxylic acids is 1. The molecule has 0 bridgehead atoms. The Hall–Kier alpha value is -0.380. The van der Waals surface area contributed by atoms with Crippen LogP contribution in [0.4, 0.5) is 0 Å². The van der Waals surface area contributed by atoms with E-state index in [1.807, 2.05) is 0 Å². The van der Waals surface area contributed by atoms with Crippen LogP contribution in [0.2, 0.25) is 0 Å². The quantitative estimate of drug-likeness (QED) is 0.567. The summed E-state index contributed by atoms with van der Waals surface area (Å²) in [5.41, 5.74) is 4.65. The van der Waals surface area contributed by atoms with Gasteiger partial charge in [0.05, 0.1) is 0 Å². The van der Waals surface area contributed by atoms with Crippen LogP contribution in [0.1, 0.15) is 13.3 Å². The number of hydrogen-bond acceptors (Lipinski definition) is 2. The lowest BCUT2D eigenvalue weighted by Crippen LogP contribution is -2.06. The third-order valence-corrected chi connectivity index (χ3v) is 0.348. The summed E-state index contributed by atoms with van der Waals surface area (Å²) in [7, 11) is -0.611. The van der Waals surface area contributed by atoms with E-state index in [-0.39, 0.29) is 5.91 Å². The van der Waals surface area contributed by atoms with Crippen molar-refractivity contribution in [2.45, 2.75) is 13.3 Å². The fraction of sp³-hybridized carbons (Fsp3) is 0.800. The SMILES string of the molecule is CCC(N)=O.CS(C)=O. The Balaban J connectivity index is 0. The van der Waals surface area contributed by atoms with Gasteiger partial charge in [0.1, 0.15) is 0 Å². The van der Waals surface area contributed by atoms with E-state index in [1.165, 1.54) is 0 Å². The Bertz CT molecular complexity index is 99.1. The van der Waals surface area contributed by atoms with Crippen LogP contribution < -0.4 is 5.73 Å². The van der Waals surface area contributed by atoms with Crippen molar-refractivity contribution in [1.29, 1.82) is 0 Å². The van der Waals surface area contributed by atoms with Crippen molar-refractivity contribution < 1.29 is 9.00 Å². The summed E-state index contributed by atoms with van der Waals surface area (Å²) >= 11 is 0. The molecule has 0 saturated heterocycles. The molecule has 0 fully saturated rings. The molecule has 0 spiro atoms. The predicted molar refractivity (Wildman–Crippen MR) is 39.5 cm³/mol. The molecule has 0 rings (SSSR count). The van der Waals surface area contributed by atoms with Crippen molar-refractivity contribution in [3.63, 3.8) is 0 Å². The molecule has 0 heterocycles. The molecule has 9 heavy (non-hydrogen) atoms. The van der Waals surface area contributed by atoms with E-state index in [1.54, 1.807) is 19.4 Å². The molecule has 0 aliphatic heterocycles. The first-order chi connectivity index (χ1) is 4.00. The maximum atomic E-state index is 9.59. The molecule has 0 aromatic carbocycles. The predicted octanol–water partition coefficient (Wildman–Crippen LogP) is -0.124. The van der Waals surface area contributed by atoms with Gasteiger partial charge in [0.15, 0.2) is 0 Å². The normalized spacial score (nSPS) is 8.00. The van der Waals surface area contributed by atoms with Crippen LogP contribution in [-0.2, 0) is 15.6 Å². The molecule has 56 valence electrons. The summed E-state index contributed by atoms with van der Waals surface area (Å²) in [5.74, 6) is -0.245. The second-order valence-electron chi connectivity index (χ2n) is 1.56. The van der Waals surface area contributed by atoms with Crippen molar-refractivity contribution >= 4 is 16.7 Å². The molecule has 2 N–H and O–H groups in total. The van der Waals surface area contributed by atoms with E-state index >= 15 is 0 Å². The second kappa shape index (κ2) is 7.62. The number of amides is 1. The standard InChI is InChI=1S/C3H7NO.C2H6OS/c1-2-3(4)5;1-4(2)3/h2H2,1H3,(H2,4,5);1-2H3. The highest BCUT2D eigenvalue weighted by molar-refractivity contribution is 7.83. The molecule has 0 radical (unpaired) electrons. The van der Waals surface area contributed by atoms with E-state index in [9.17, 15) is 9.00 Å². The smallest absolute Gasteiger partial charge is 0.217 e. The number of nitrogens with two attached hydrogens (primary N) is 1. The molecule has 0 saturated carbocycles. The minimum Gasteiger partial charge on any atom is -0.370 e. The molecule has 0 aromatic rings. The highest BCUT2D eigenvalue weighted by Crippen LogP contribution is 1.63. The highest BCUT2D eigenvalue weighted by Gasteiger charge is 1.77. The van der Waals surface area contributed by atoms with Crippen LogP contribution >= 0.6 is 0 Å². The first-order valence-corrected chi connectivity index (χ1v) is 4.50. The highest BCUT2D eigenvalue weighted by atomic mass is 32.2. The van der Waals surface area contributed by atoms with Gasteiger partial charge in [-0.05, 0) is 0 Å². The van der Waals surface area contributed by atoms with Crippen LogP contribution in [-0.4, -0.2) is 22.6 Å². The summed E-state index contributed by atoms with van der Waals surface area (Å²) in [6, 6.07) is 0. The zero-order chi connectivity index (χ0) is 7.86. The van der Waals surface area contributed by atoms with E-state index in [0.717, 1.165) is 0 Å². The van der Waals surface area contributed by atoms with Gasteiger partial charge in [0.25, 0.3) is 0 Å². The van der Waals surface area contributed by atoms with Gasteiger partial charge in [-0.3, -0.25) is 9.00 Å². The number of hydrogen-bond donors (Lipinski definition) is 1. The molecule has 0 aliphatic rings. The van der Waals surface area contributed by atoms with Gasteiger partial charge >= 0.3 is 0 Å². The first-order valence-electron chi connectivity index (χ1n) is 2.54. The molecule has 0 aromatic heterocycles. The fourth-order valence-electron chi connectivity index (χ4n) is 0. The van der Waals surface area contributed by atoms with Crippen LogP contribution in [0.25, 0.3) is 0 Å². The Kier molecular flexibility index (Phi) is 9.67. The van der Waals surface area contributed by atoms with E-state index < -0.39 is 10.8 Å². The Morgan fingerprint density at radius 1 is 1.56 bits per heavy atom. The summed E-state index contributed by atoms with van der Waals surface area (Å²) in [6.07, 6.45) is 3.72.